The van der Waals surface area contributed by atoms with Gasteiger partial charge in [-0.25, -0.2) is 0 Å². The summed E-state index contributed by atoms with van der Waals surface area (Å²) in [4.78, 5) is 12.3. The van der Waals surface area contributed by atoms with Crippen LogP contribution in [0.5, 0.6) is 0 Å². The average Bonchev–Trinajstić information content (AvgIpc) is 2.20. The van der Waals surface area contributed by atoms with E-state index in [1.54, 1.807) is 19.9 Å². The minimum atomic E-state index is -0.697. The minimum Gasteiger partial charge on any atom is -0.391 e. The van der Waals surface area contributed by atoms with Gasteiger partial charge in [0.05, 0.1) is 16.1 Å². The van der Waals surface area contributed by atoms with Crippen LogP contribution in [0.3, 0.4) is 0 Å². The molecule has 0 saturated carbocycles. The second-order valence-corrected chi connectivity index (χ2v) is 6.59. The molecule has 0 aliphatic carbocycles. The van der Waals surface area contributed by atoms with Gasteiger partial charge in [0.1, 0.15) is 0 Å². The molecule has 0 heterocycles. The molecule has 1 amide bonds. The SMILES string of the molecule is CC(C)(NC(=O)c1cc(Br)ccc1I)C(N)=S. The van der Waals surface area contributed by atoms with Crippen LogP contribution in [0.4, 0.5) is 0 Å². The summed E-state index contributed by atoms with van der Waals surface area (Å²) in [5, 5.41) is 2.81. The normalized spacial score (nSPS) is 11.1. The lowest BCUT2D eigenvalue weighted by molar-refractivity contribution is 0.0931. The lowest BCUT2D eigenvalue weighted by atomic mass is 10.1. The maximum Gasteiger partial charge on any atom is 0.253 e. The van der Waals surface area contributed by atoms with E-state index >= 15 is 0 Å². The van der Waals surface area contributed by atoms with Crippen LogP contribution in [0, 0.1) is 3.57 Å². The fourth-order valence-corrected chi connectivity index (χ4v) is 2.08. The maximum atomic E-state index is 12.1. The number of nitrogens with one attached hydrogen (secondary N) is 1. The summed E-state index contributed by atoms with van der Waals surface area (Å²) in [6, 6.07) is 5.53. The van der Waals surface area contributed by atoms with E-state index in [2.05, 4.69) is 43.8 Å². The standard InChI is InChI=1S/C11H12BrIN2OS/c1-11(2,10(14)17)15-9(16)7-5-6(12)3-4-8(7)13/h3-5H,1-2H3,(H2,14,17)(H,15,16). The number of rotatable bonds is 3. The summed E-state index contributed by atoms with van der Waals surface area (Å²) < 4.78 is 1.73. The van der Waals surface area contributed by atoms with Crippen molar-refractivity contribution in [1.29, 1.82) is 0 Å². The molecule has 0 spiro atoms. The third kappa shape index (κ3) is 3.89. The van der Waals surface area contributed by atoms with Gasteiger partial charge in [-0.15, -0.1) is 0 Å². The number of carbonyl (C=O) groups excluding carboxylic acids is 1. The van der Waals surface area contributed by atoms with Crippen molar-refractivity contribution in [3.05, 3.63) is 31.8 Å². The molecule has 1 aromatic carbocycles. The maximum absolute atomic E-state index is 12.1. The van der Waals surface area contributed by atoms with Crippen molar-refractivity contribution in [3.63, 3.8) is 0 Å². The van der Waals surface area contributed by atoms with E-state index in [4.69, 9.17) is 18.0 Å². The van der Waals surface area contributed by atoms with E-state index in [0.29, 0.717) is 5.56 Å². The van der Waals surface area contributed by atoms with Crippen molar-refractivity contribution in [2.24, 2.45) is 5.73 Å². The van der Waals surface area contributed by atoms with E-state index in [1.165, 1.54) is 0 Å². The van der Waals surface area contributed by atoms with E-state index in [9.17, 15) is 4.79 Å². The number of thiocarbonyl (C=S) groups is 1. The molecule has 0 aliphatic rings. The van der Waals surface area contributed by atoms with Crippen LogP contribution in [0.2, 0.25) is 0 Å². The van der Waals surface area contributed by atoms with Crippen molar-refractivity contribution < 1.29 is 4.79 Å². The van der Waals surface area contributed by atoms with Gasteiger partial charge in [-0.3, -0.25) is 4.79 Å². The fraction of sp³-hybridized carbons (Fsp3) is 0.273. The Bertz CT molecular complexity index is 477. The molecule has 92 valence electrons. The third-order valence-electron chi connectivity index (χ3n) is 2.22. The van der Waals surface area contributed by atoms with E-state index in [1.807, 2.05) is 12.1 Å². The number of hydrogen-bond acceptors (Lipinski definition) is 2. The van der Waals surface area contributed by atoms with Gasteiger partial charge < -0.3 is 11.1 Å². The van der Waals surface area contributed by atoms with Gasteiger partial charge in [-0.05, 0) is 54.6 Å². The second kappa shape index (κ2) is 5.62. The highest BCUT2D eigenvalue weighted by molar-refractivity contribution is 14.1. The third-order valence-corrected chi connectivity index (χ3v) is 4.16. The Kier molecular flexibility index (Phi) is 4.91. The highest BCUT2D eigenvalue weighted by atomic mass is 127. The molecular weight excluding hydrogens is 415 g/mol. The molecule has 1 rings (SSSR count). The first-order chi connectivity index (χ1) is 7.74. The summed E-state index contributed by atoms with van der Waals surface area (Å²) in [6.07, 6.45) is 0. The first-order valence-electron chi connectivity index (χ1n) is 4.81. The molecule has 0 aliphatic heterocycles. The number of hydrogen-bond donors (Lipinski definition) is 2. The molecule has 0 fully saturated rings. The Morgan fingerprint density at radius 1 is 1.53 bits per heavy atom. The largest absolute Gasteiger partial charge is 0.391 e. The Balaban J connectivity index is 2.98. The molecule has 0 aromatic heterocycles. The Morgan fingerprint density at radius 2 is 2.12 bits per heavy atom. The van der Waals surface area contributed by atoms with Crippen LogP contribution in [-0.2, 0) is 0 Å². The van der Waals surface area contributed by atoms with Gasteiger partial charge in [0.2, 0.25) is 0 Å². The van der Waals surface area contributed by atoms with Crippen LogP contribution in [0.25, 0.3) is 0 Å². The quantitative estimate of drug-likeness (QED) is 0.577. The van der Waals surface area contributed by atoms with Gasteiger partial charge >= 0.3 is 0 Å². The van der Waals surface area contributed by atoms with Gasteiger partial charge in [0.25, 0.3) is 5.91 Å². The van der Waals surface area contributed by atoms with Gasteiger partial charge in [0.15, 0.2) is 0 Å². The zero-order chi connectivity index (χ0) is 13.2. The van der Waals surface area contributed by atoms with Crippen molar-refractivity contribution in [3.8, 4) is 0 Å². The first-order valence-corrected chi connectivity index (χ1v) is 7.09. The lowest BCUT2D eigenvalue weighted by Gasteiger charge is -2.25. The number of carbonyl (C=O) groups is 1. The van der Waals surface area contributed by atoms with Crippen LogP contribution in [-0.4, -0.2) is 16.4 Å². The summed E-state index contributed by atoms with van der Waals surface area (Å²) in [5.74, 6) is -0.187. The van der Waals surface area contributed by atoms with E-state index in [0.717, 1.165) is 8.04 Å². The van der Waals surface area contributed by atoms with Crippen molar-refractivity contribution in [2.45, 2.75) is 19.4 Å². The minimum absolute atomic E-state index is 0.187. The zero-order valence-electron chi connectivity index (χ0n) is 9.38. The van der Waals surface area contributed by atoms with Crippen LogP contribution >= 0.6 is 50.7 Å². The predicted molar refractivity (Wildman–Crippen MR) is 85.2 cm³/mol. The molecule has 0 radical (unpaired) electrons. The molecule has 1 aromatic rings. The summed E-state index contributed by atoms with van der Waals surface area (Å²) in [6.45, 7) is 3.55. The highest BCUT2D eigenvalue weighted by Gasteiger charge is 2.25. The van der Waals surface area contributed by atoms with Crippen molar-refractivity contribution in [2.75, 3.05) is 0 Å². The van der Waals surface area contributed by atoms with Gasteiger partial charge in [-0.2, -0.15) is 0 Å². The Morgan fingerprint density at radius 3 is 2.65 bits per heavy atom. The molecular formula is C11H12BrIN2OS. The lowest BCUT2D eigenvalue weighted by Crippen LogP contribution is -2.52. The van der Waals surface area contributed by atoms with Crippen molar-refractivity contribution in [1.82, 2.24) is 5.32 Å². The molecule has 3 nitrogen and oxygen atoms in total. The predicted octanol–water partition coefficient (Wildman–Crippen LogP) is 2.85. The second-order valence-electron chi connectivity index (χ2n) is 4.07. The number of nitrogens with two attached hydrogens (primary N) is 1. The highest BCUT2D eigenvalue weighted by Crippen LogP contribution is 2.19. The molecule has 17 heavy (non-hydrogen) atoms. The van der Waals surface area contributed by atoms with E-state index in [-0.39, 0.29) is 10.9 Å². The van der Waals surface area contributed by atoms with Crippen LogP contribution in [0.1, 0.15) is 24.2 Å². The van der Waals surface area contributed by atoms with Crippen LogP contribution in [0.15, 0.2) is 22.7 Å². The molecule has 0 bridgehead atoms. The molecule has 3 N–H and O–H groups in total. The average molecular weight is 427 g/mol. The van der Waals surface area contributed by atoms with Gasteiger partial charge in [0, 0.05) is 8.04 Å². The summed E-state index contributed by atoms with van der Waals surface area (Å²) in [7, 11) is 0. The van der Waals surface area contributed by atoms with Crippen molar-refractivity contribution >= 4 is 61.6 Å². The fourth-order valence-electron chi connectivity index (χ4n) is 1.08. The summed E-state index contributed by atoms with van der Waals surface area (Å²) in [5.41, 5.74) is 5.47. The first kappa shape index (κ1) is 14.8. The Labute approximate surface area is 128 Å². The summed E-state index contributed by atoms with van der Waals surface area (Å²) >= 11 is 10.4. The monoisotopic (exact) mass is 426 g/mol. The Hall–Kier alpha value is -0.210. The van der Waals surface area contributed by atoms with Crippen LogP contribution < -0.4 is 11.1 Å². The molecule has 0 unspecified atom stereocenters. The van der Waals surface area contributed by atoms with Gasteiger partial charge in [-0.1, -0.05) is 28.1 Å². The molecule has 0 atom stereocenters. The smallest absolute Gasteiger partial charge is 0.253 e. The topological polar surface area (TPSA) is 55.1 Å². The van der Waals surface area contributed by atoms with E-state index < -0.39 is 5.54 Å². The number of amides is 1. The molecule has 6 heteroatoms. The number of benzene rings is 1. The molecule has 0 saturated heterocycles. The zero-order valence-corrected chi connectivity index (χ0v) is 13.9. The number of halogens is 2.